The molecule has 0 heterocycles. The number of unbranched alkanes of at least 4 members (excludes halogenated alkanes) is 2. The van der Waals surface area contributed by atoms with E-state index in [9.17, 15) is 0 Å². The Kier molecular flexibility index (Phi) is 8.64. The molecule has 0 saturated carbocycles. The van der Waals surface area contributed by atoms with Crippen molar-refractivity contribution in [3.8, 4) is 0 Å². The lowest BCUT2D eigenvalue weighted by molar-refractivity contribution is 0.137. The molecule has 0 aromatic rings. The first-order valence-electron chi connectivity index (χ1n) is 4.54. The van der Waals surface area contributed by atoms with E-state index in [4.69, 9.17) is 4.74 Å². The van der Waals surface area contributed by atoms with Crippen LogP contribution in [-0.2, 0) is 4.74 Å². The molecule has 0 spiro atoms. The van der Waals surface area contributed by atoms with Gasteiger partial charge in [0.05, 0.1) is 5.44 Å². The first kappa shape index (κ1) is 11.3. The Hall–Kier alpha value is 0.310. The number of ether oxygens (including phenoxy) is 1. The SMILES string of the molecule is CCCCCSC(C)OCC. The van der Waals surface area contributed by atoms with Gasteiger partial charge in [-0.1, -0.05) is 19.8 Å². The number of thioether (sulfide) groups is 1. The summed E-state index contributed by atoms with van der Waals surface area (Å²) in [6.45, 7) is 7.24. The Bertz CT molecular complexity index is 76.0. The zero-order chi connectivity index (χ0) is 8.53. The summed E-state index contributed by atoms with van der Waals surface area (Å²) in [4.78, 5) is 0. The van der Waals surface area contributed by atoms with E-state index in [1.54, 1.807) is 0 Å². The van der Waals surface area contributed by atoms with Gasteiger partial charge in [0.25, 0.3) is 0 Å². The monoisotopic (exact) mass is 176 g/mol. The summed E-state index contributed by atoms with van der Waals surface area (Å²) in [5.74, 6) is 1.25. The van der Waals surface area contributed by atoms with Crippen molar-refractivity contribution < 1.29 is 4.74 Å². The van der Waals surface area contributed by atoms with Gasteiger partial charge in [-0.15, -0.1) is 11.8 Å². The van der Waals surface area contributed by atoms with Crippen LogP contribution in [0.2, 0.25) is 0 Å². The van der Waals surface area contributed by atoms with E-state index < -0.39 is 0 Å². The third-order valence-corrected chi connectivity index (χ3v) is 2.63. The van der Waals surface area contributed by atoms with Crippen molar-refractivity contribution in [2.45, 2.75) is 45.5 Å². The fourth-order valence-electron chi connectivity index (χ4n) is 0.884. The minimum absolute atomic E-state index is 0.386. The summed E-state index contributed by atoms with van der Waals surface area (Å²) in [6.07, 6.45) is 3.99. The van der Waals surface area contributed by atoms with Crippen LogP contribution in [0.3, 0.4) is 0 Å². The predicted molar refractivity (Wildman–Crippen MR) is 53.1 cm³/mol. The largest absolute Gasteiger partial charge is 0.368 e. The molecular formula is C9H20OS. The standard InChI is InChI=1S/C9H20OS/c1-4-6-7-8-11-9(3)10-5-2/h9H,4-8H2,1-3H3. The first-order chi connectivity index (χ1) is 5.31. The third-order valence-electron chi connectivity index (χ3n) is 1.50. The van der Waals surface area contributed by atoms with Gasteiger partial charge in [0.2, 0.25) is 0 Å². The Labute approximate surface area is 74.9 Å². The average molecular weight is 176 g/mol. The van der Waals surface area contributed by atoms with Crippen LogP contribution in [0.1, 0.15) is 40.0 Å². The molecule has 68 valence electrons. The summed E-state index contributed by atoms with van der Waals surface area (Å²) in [5.41, 5.74) is 0.386. The molecule has 0 bridgehead atoms. The van der Waals surface area contributed by atoms with E-state index in [2.05, 4.69) is 13.8 Å². The highest BCUT2D eigenvalue weighted by Gasteiger charge is 1.99. The normalized spacial score (nSPS) is 13.4. The summed E-state index contributed by atoms with van der Waals surface area (Å²) >= 11 is 1.92. The summed E-state index contributed by atoms with van der Waals surface area (Å²) in [7, 11) is 0. The van der Waals surface area contributed by atoms with Crippen molar-refractivity contribution in [3.63, 3.8) is 0 Å². The molecule has 1 atom stereocenters. The first-order valence-corrected chi connectivity index (χ1v) is 5.59. The predicted octanol–water partition coefficient (Wildman–Crippen LogP) is 3.29. The smallest absolute Gasteiger partial charge is 0.0999 e. The van der Waals surface area contributed by atoms with E-state index in [0.29, 0.717) is 5.44 Å². The van der Waals surface area contributed by atoms with Gasteiger partial charge in [-0.2, -0.15) is 0 Å². The van der Waals surface area contributed by atoms with Gasteiger partial charge >= 0.3 is 0 Å². The Morgan fingerprint density at radius 3 is 2.55 bits per heavy atom. The van der Waals surface area contributed by atoms with E-state index in [0.717, 1.165) is 6.61 Å². The number of rotatable bonds is 7. The number of hydrogen-bond donors (Lipinski definition) is 0. The molecule has 1 nitrogen and oxygen atoms in total. The van der Waals surface area contributed by atoms with Crippen LogP contribution in [0.15, 0.2) is 0 Å². The Morgan fingerprint density at radius 2 is 2.00 bits per heavy atom. The molecule has 0 saturated heterocycles. The highest BCUT2D eigenvalue weighted by atomic mass is 32.2. The quantitative estimate of drug-likeness (QED) is 0.435. The third kappa shape index (κ3) is 8.21. The second-order valence-corrected chi connectivity index (χ2v) is 4.01. The van der Waals surface area contributed by atoms with Crippen LogP contribution in [0.25, 0.3) is 0 Å². The molecule has 0 amide bonds. The fraction of sp³-hybridized carbons (Fsp3) is 1.00. The van der Waals surface area contributed by atoms with Crippen LogP contribution < -0.4 is 0 Å². The molecule has 1 unspecified atom stereocenters. The van der Waals surface area contributed by atoms with Crippen LogP contribution in [0.5, 0.6) is 0 Å². The average Bonchev–Trinajstić information content (AvgIpc) is 1.99. The Balaban J connectivity index is 2.97. The molecule has 0 aliphatic carbocycles. The van der Waals surface area contributed by atoms with Crippen molar-refractivity contribution in [2.24, 2.45) is 0 Å². The van der Waals surface area contributed by atoms with Gasteiger partial charge in [-0.05, 0) is 26.0 Å². The molecule has 0 radical (unpaired) electrons. The van der Waals surface area contributed by atoms with Crippen molar-refractivity contribution in [2.75, 3.05) is 12.4 Å². The van der Waals surface area contributed by atoms with E-state index >= 15 is 0 Å². The van der Waals surface area contributed by atoms with Crippen LogP contribution in [0.4, 0.5) is 0 Å². The van der Waals surface area contributed by atoms with Crippen LogP contribution in [0, 0.1) is 0 Å². The highest BCUT2D eigenvalue weighted by molar-refractivity contribution is 7.99. The van der Waals surface area contributed by atoms with Gasteiger partial charge in [-0.25, -0.2) is 0 Å². The van der Waals surface area contributed by atoms with Crippen molar-refractivity contribution in [1.29, 1.82) is 0 Å². The van der Waals surface area contributed by atoms with Gasteiger partial charge < -0.3 is 4.74 Å². The minimum Gasteiger partial charge on any atom is -0.368 e. The molecule has 0 aliphatic rings. The second kappa shape index (κ2) is 8.41. The zero-order valence-electron chi connectivity index (χ0n) is 7.93. The lowest BCUT2D eigenvalue weighted by Gasteiger charge is -2.09. The van der Waals surface area contributed by atoms with Crippen molar-refractivity contribution >= 4 is 11.8 Å². The van der Waals surface area contributed by atoms with Crippen molar-refractivity contribution in [3.05, 3.63) is 0 Å². The van der Waals surface area contributed by atoms with Crippen LogP contribution in [-0.4, -0.2) is 17.8 Å². The van der Waals surface area contributed by atoms with E-state index in [1.165, 1.54) is 25.0 Å². The van der Waals surface area contributed by atoms with Gasteiger partial charge in [0.15, 0.2) is 0 Å². The highest BCUT2D eigenvalue weighted by Crippen LogP contribution is 2.13. The molecule has 11 heavy (non-hydrogen) atoms. The molecule has 0 aromatic carbocycles. The summed E-state index contributed by atoms with van der Waals surface area (Å²) in [5, 5.41) is 0. The molecule has 0 aliphatic heterocycles. The Morgan fingerprint density at radius 1 is 1.27 bits per heavy atom. The number of hydrogen-bond acceptors (Lipinski definition) is 2. The van der Waals surface area contributed by atoms with Gasteiger partial charge in [-0.3, -0.25) is 0 Å². The maximum absolute atomic E-state index is 5.38. The van der Waals surface area contributed by atoms with Crippen LogP contribution >= 0.6 is 11.8 Å². The van der Waals surface area contributed by atoms with E-state index in [1.807, 2.05) is 18.7 Å². The maximum Gasteiger partial charge on any atom is 0.0999 e. The molecule has 0 aromatic heterocycles. The molecule has 0 N–H and O–H groups in total. The maximum atomic E-state index is 5.38. The zero-order valence-corrected chi connectivity index (χ0v) is 8.75. The fourth-order valence-corrected chi connectivity index (χ4v) is 1.82. The van der Waals surface area contributed by atoms with E-state index in [-0.39, 0.29) is 0 Å². The summed E-state index contributed by atoms with van der Waals surface area (Å²) in [6, 6.07) is 0. The molecule has 0 fully saturated rings. The lowest BCUT2D eigenvalue weighted by Crippen LogP contribution is -2.03. The minimum atomic E-state index is 0.386. The second-order valence-electron chi connectivity index (χ2n) is 2.60. The molecule has 0 rings (SSSR count). The lowest BCUT2D eigenvalue weighted by atomic mass is 10.3. The molecule has 2 heteroatoms. The summed E-state index contributed by atoms with van der Waals surface area (Å²) < 4.78 is 5.38. The van der Waals surface area contributed by atoms with Gasteiger partial charge in [0, 0.05) is 6.61 Å². The topological polar surface area (TPSA) is 9.23 Å². The van der Waals surface area contributed by atoms with Gasteiger partial charge in [0.1, 0.15) is 0 Å². The van der Waals surface area contributed by atoms with Crippen molar-refractivity contribution in [1.82, 2.24) is 0 Å². The molecular weight excluding hydrogens is 156 g/mol.